The van der Waals surface area contributed by atoms with E-state index in [2.05, 4.69) is 20.9 Å². The number of unbranched alkanes of at least 4 members (excludes halogenated alkanes) is 3. The molecule has 2 rings (SSSR count). The van der Waals surface area contributed by atoms with Crippen LogP contribution in [0.5, 0.6) is 0 Å². The van der Waals surface area contributed by atoms with Crippen LogP contribution in [0.25, 0.3) is 10.9 Å². The van der Waals surface area contributed by atoms with Gasteiger partial charge in [-0.1, -0.05) is 24.6 Å². The Morgan fingerprint density at radius 3 is 1.83 bits per heavy atom. The summed E-state index contributed by atoms with van der Waals surface area (Å²) in [7, 11) is 0. The minimum absolute atomic E-state index is 0.164. The van der Waals surface area contributed by atoms with Gasteiger partial charge in [0.15, 0.2) is 0 Å². The number of rotatable bonds is 21. The molecule has 0 saturated carbocycles. The van der Waals surface area contributed by atoms with Crippen molar-refractivity contribution in [2.24, 2.45) is 28.7 Å². The SMILES string of the molecule is NCCCC[C@H](NC(=O)[C@H](CCCCN)NC(=O)[C@H](Cc1c[nH]c2ccccc12)NC(=O)[C@@H](N)CCCCN)C(N)=O. The second-order valence-electron chi connectivity index (χ2n) is 10.6. The standard InChI is InChI=1S/C29H49N9O4/c30-14-6-3-10-21(33)27(40)38-25(17-19-18-35-22-11-2-1-9-20(19)22)29(42)37-24(13-5-8-16-32)28(41)36-23(26(34)39)12-4-7-15-31/h1-2,9,11,18,21,23-25,35H,3-8,10,12-17,30-33H2,(H2,34,39)(H,36,41)(H,37,42)(H,38,40)/t21-,23-,24-,25-/m0/s1. The second-order valence-corrected chi connectivity index (χ2v) is 10.6. The van der Waals surface area contributed by atoms with Crippen molar-refractivity contribution in [3.05, 3.63) is 36.0 Å². The molecule has 1 aromatic heterocycles. The average Bonchev–Trinajstić information content (AvgIpc) is 3.38. The fourth-order valence-electron chi connectivity index (χ4n) is 4.73. The summed E-state index contributed by atoms with van der Waals surface area (Å²) in [6, 6.07) is 3.93. The third kappa shape index (κ3) is 11.4. The summed E-state index contributed by atoms with van der Waals surface area (Å²) < 4.78 is 0. The van der Waals surface area contributed by atoms with Gasteiger partial charge in [0.1, 0.15) is 18.1 Å². The third-order valence-corrected chi connectivity index (χ3v) is 7.22. The number of H-pyrrole nitrogens is 1. The number of fused-ring (bicyclic) bond motifs is 1. The Hall–Kier alpha value is -3.52. The summed E-state index contributed by atoms with van der Waals surface area (Å²) in [4.78, 5) is 55.2. The monoisotopic (exact) mass is 587 g/mol. The molecule has 1 aromatic carbocycles. The average molecular weight is 588 g/mol. The van der Waals surface area contributed by atoms with Crippen LogP contribution in [-0.2, 0) is 25.6 Å². The van der Waals surface area contributed by atoms with Crippen molar-refractivity contribution in [2.75, 3.05) is 19.6 Å². The zero-order chi connectivity index (χ0) is 30.9. The van der Waals surface area contributed by atoms with Crippen LogP contribution in [0.2, 0.25) is 0 Å². The molecule has 0 saturated heterocycles. The van der Waals surface area contributed by atoms with E-state index < -0.39 is 47.8 Å². The molecule has 0 bridgehead atoms. The number of nitrogens with one attached hydrogen (secondary N) is 4. The molecular weight excluding hydrogens is 538 g/mol. The molecule has 4 atom stereocenters. The molecule has 13 heteroatoms. The molecule has 14 N–H and O–H groups in total. The summed E-state index contributed by atoms with van der Waals surface area (Å²) in [6.07, 6.45) is 6.92. The van der Waals surface area contributed by atoms with E-state index in [4.69, 9.17) is 28.7 Å². The number of carbonyl (C=O) groups excluding carboxylic acids is 4. The first-order chi connectivity index (χ1) is 20.2. The highest BCUT2D eigenvalue weighted by Crippen LogP contribution is 2.19. The lowest BCUT2D eigenvalue weighted by Crippen LogP contribution is -2.58. The molecule has 0 unspecified atom stereocenters. The van der Waals surface area contributed by atoms with Gasteiger partial charge in [0.05, 0.1) is 6.04 Å². The van der Waals surface area contributed by atoms with E-state index in [1.165, 1.54) is 0 Å². The number of benzene rings is 1. The number of amides is 4. The molecule has 0 fully saturated rings. The van der Waals surface area contributed by atoms with Crippen LogP contribution in [0.4, 0.5) is 0 Å². The Balaban J connectivity index is 2.25. The first-order valence-corrected chi connectivity index (χ1v) is 14.8. The number of primary amides is 1. The third-order valence-electron chi connectivity index (χ3n) is 7.22. The first-order valence-electron chi connectivity index (χ1n) is 14.8. The van der Waals surface area contributed by atoms with E-state index in [1.54, 1.807) is 6.20 Å². The van der Waals surface area contributed by atoms with Gasteiger partial charge in [-0.2, -0.15) is 0 Å². The highest BCUT2D eigenvalue weighted by molar-refractivity contribution is 5.95. The zero-order valence-corrected chi connectivity index (χ0v) is 24.4. The number of carbonyl (C=O) groups is 4. The summed E-state index contributed by atoms with van der Waals surface area (Å²) in [5, 5.41) is 9.18. The van der Waals surface area contributed by atoms with Gasteiger partial charge >= 0.3 is 0 Å². The maximum Gasteiger partial charge on any atom is 0.243 e. The number of aromatic amines is 1. The van der Waals surface area contributed by atoms with Gasteiger partial charge in [0.2, 0.25) is 23.6 Å². The predicted molar refractivity (Wildman–Crippen MR) is 164 cm³/mol. The molecule has 0 spiro atoms. The lowest BCUT2D eigenvalue weighted by atomic mass is 10.0. The van der Waals surface area contributed by atoms with Gasteiger partial charge in [0.25, 0.3) is 0 Å². The van der Waals surface area contributed by atoms with E-state index in [0.717, 1.165) is 22.9 Å². The largest absolute Gasteiger partial charge is 0.368 e. The molecule has 234 valence electrons. The Morgan fingerprint density at radius 1 is 0.690 bits per heavy atom. The van der Waals surface area contributed by atoms with E-state index in [9.17, 15) is 19.2 Å². The van der Waals surface area contributed by atoms with Crippen molar-refractivity contribution in [1.29, 1.82) is 0 Å². The van der Waals surface area contributed by atoms with Crippen LogP contribution in [0.3, 0.4) is 0 Å². The van der Waals surface area contributed by atoms with E-state index in [-0.39, 0.29) is 12.8 Å². The number of para-hydroxylation sites is 1. The van der Waals surface area contributed by atoms with Crippen LogP contribution in [0, 0.1) is 0 Å². The van der Waals surface area contributed by atoms with Gasteiger partial charge in [-0.05, 0) is 82.6 Å². The van der Waals surface area contributed by atoms with Crippen molar-refractivity contribution in [1.82, 2.24) is 20.9 Å². The fourth-order valence-corrected chi connectivity index (χ4v) is 4.73. The molecule has 0 aliphatic carbocycles. The normalized spacial score (nSPS) is 14.1. The molecule has 0 aliphatic heterocycles. The highest BCUT2D eigenvalue weighted by Gasteiger charge is 2.30. The summed E-state index contributed by atoms with van der Waals surface area (Å²) in [5.74, 6) is -2.22. The van der Waals surface area contributed by atoms with E-state index >= 15 is 0 Å². The van der Waals surface area contributed by atoms with Crippen LogP contribution in [0.1, 0.15) is 63.4 Å². The van der Waals surface area contributed by atoms with Crippen molar-refractivity contribution >= 4 is 34.5 Å². The van der Waals surface area contributed by atoms with Gasteiger partial charge in [-0.25, -0.2) is 0 Å². The number of aromatic nitrogens is 1. The fraction of sp³-hybridized carbons (Fsp3) is 0.586. The summed E-state index contributed by atoms with van der Waals surface area (Å²) in [6.45, 7) is 1.38. The molecule has 13 nitrogen and oxygen atoms in total. The zero-order valence-electron chi connectivity index (χ0n) is 24.4. The highest BCUT2D eigenvalue weighted by atomic mass is 16.2. The number of hydrogen-bond acceptors (Lipinski definition) is 8. The summed E-state index contributed by atoms with van der Waals surface area (Å²) >= 11 is 0. The Morgan fingerprint density at radius 2 is 1.21 bits per heavy atom. The van der Waals surface area contributed by atoms with E-state index in [0.29, 0.717) is 64.6 Å². The van der Waals surface area contributed by atoms with Crippen LogP contribution < -0.4 is 44.6 Å². The van der Waals surface area contributed by atoms with Crippen LogP contribution in [-0.4, -0.2) is 72.4 Å². The molecule has 0 radical (unpaired) electrons. The van der Waals surface area contributed by atoms with Crippen molar-refractivity contribution < 1.29 is 19.2 Å². The van der Waals surface area contributed by atoms with Gasteiger partial charge in [-0.3, -0.25) is 19.2 Å². The van der Waals surface area contributed by atoms with Gasteiger partial charge in [0, 0.05) is 23.5 Å². The lowest BCUT2D eigenvalue weighted by Gasteiger charge is -2.25. The Kier molecular flexibility index (Phi) is 15.5. The van der Waals surface area contributed by atoms with Crippen LogP contribution >= 0.6 is 0 Å². The molecule has 2 aromatic rings. The lowest BCUT2D eigenvalue weighted by molar-refractivity contribution is -0.133. The number of nitrogens with two attached hydrogens (primary N) is 5. The minimum atomic E-state index is -1.02. The van der Waals surface area contributed by atoms with Gasteiger partial charge in [-0.15, -0.1) is 0 Å². The van der Waals surface area contributed by atoms with Crippen molar-refractivity contribution in [2.45, 2.75) is 88.4 Å². The molecule has 4 amide bonds. The first kappa shape index (κ1) is 34.7. The molecule has 0 aliphatic rings. The van der Waals surface area contributed by atoms with Crippen molar-refractivity contribution in [3.8, 4) is 0 Å². The molecular formula is C29H49N9O4. The Labute approximate surface area is 247 Å². The second kappa shape index (κ2) is 18.8. The number of hydrogen-bond donors (Lipinski definition) is 9. The molecule has 1 heterocycles. The van der Waals surface area contributed by atoms with Gasteiger partial charge < -0.3 is 49.6 Å². The van der Waals surface area contributed by atoms with E-state index in [1.807, 2.05) is 24.3 Å². The topological polar surface area (TPSA) is 250 Å². The predicted octanol–water partition coefficient (Wildman–Crippen LogP) is -0.636. The quantitative estimate of drug-likeness (QED) is 0.0848. The van der Waals surface area contributed by atoms with Crippen molar-refractivity contribution in [3.63, 3.8) is 0 Å². The Bertz CT molecular complexity index is 1140. The smallest absolute Gasteiger partial charge is 0.243 e. The van der Waals surface area contributed by atoms with Crippen LogP contribution in [0.15, 0.2) is 30.5 Å². The summed E-state index contributed by atoms with van der Waals surface area (Å²) in [5.41, 5.74) is 30.1. The maximum atomic E-state index is 13.7. The molecule has 42 heavy (non-hydrogen) atoms. The maximum absolute atomic E-state index is 13.7. The minimum Gasteiger partial charge on any atom is -0.368 e.